The first-order valence-electron chi connectivity index (χ1n) is 6.77. The van der Waals surface area contributed by atoms with Gasteiger partial charge in [0.15, 0.2) is 0 Å². The van der Waals surface area contributed by atoms with Gasteiger partial charge in [0.25, 0.3) is 0 Å². The largest absolute Gasteiger partial charge is 0.494 e. The molecular formula is C17H18N2O. The predicted molar refractivity (Wildman–Crippen MR) is 80.7 cm³/mol. The lowest BCUT2D eigenvalue weighted by Crippen LogP contribution is -2.00. The molecule has 0 aromatic heterocycles. The zero-order valence-corrected chi connectivity index (χ0v) is 11.6. The molecule has 0 unspecified atom stereocenters. The molecule has 0 aliphatic heterocycles. The van der Waals surface area contributed by atoms with Crippen LogP contribution in [0.5, 0.6) is 5.75 Å². The molecule has 0 spiro atoms. The number of nitrogens with zero attached hydrogens (tertiary/aromatic N) is 1. The molecule has 0 heterocycles. The van der Waals surface area contributed by atoms with Crippen LogP contribution in [-0.4, -0.2) is 6.61 Å². The Bertz CT molecular complexity index is 602. The fourth-order valence-corrected chi connectivity index (χ4v) is 1.87. The van der Waals surface area contributed by atoms with Crippen LogP contribution in [0.25, 0.3) is 0 Å². The Morgan fingerprint density at radius 1 is 1.15 bits per heavy atom. The average molecular weight is 266 g/mol. The number of anilines is 1. The zero-order chi connectivity index (χ0) is 14.2. The number of rotatable bonds is 6. The zero-order valence-electron chi connectivity index (χ0n) is 11.6. The number of ether oxygens (including phenoxy) is 1. The number of hydrogen-bond donors (Lipinski definition) is 1. The van der Waals surface area contributed by atoms with Crippen molar-refractivity contribution in [3.63, 3.8) is 0 Å². The Labute approximate surface area is 119 Å². The second-order valence-corrected chi connectivity index (χ2v) is 4.54. The minimum atomic E-state index is 0.685. The Hall–Kier alpha value is -2.47. The van der Waals surface area contributed by atoms with Gasteiger partial charge >= 0.3 is 0 Å². The third-order valence-electron chi connectivity index (χ3n) is 2.86. The molecule has 0 aliphatic carbocycles. The van der Waals surface area contributed by atoms with Crippen molar-refractivity contribution in [1.29, 1.82) is 5.26 Å². The molecule has 2 aromatic rings. The summed E-state index contributed by atoms with van der Waals surface area (Å²) in [5, 5.41) is 12.2. The minimum Gasteiger partial charge on any atom is -0.494 e. The lowest BCUT2D eigenvalue weighted by atomic mass is 10.1. The molecule has 3 heteroatoms. The Kier molecular flexibility index (Phi) is 5.02. The summed E-state index contributed by atoms with van der Waals surface area (Å²) in [5.74, 6) is 0.877. The van der Waals surface area contributed by atoms with Crippen LogP contribution in [-0.2, 0) is 6.54 Å². The van der Waals surface area contributed by atoms with Gasteiger partial charge in [-0.25, -0.2) is 0 Å². The van der Waals surface area contributed by atoms with E-state index in [1.165, 1.54) is 0 Å². The van der Waals surface area contributed by atoms with Crippen molar-refractivity contribution < 1.29 is 4.74 Å². The van der Waals surface area contributed by atoms with Gasteiger partial charge in [-0.15, -0.1) is 0 Å². The molecule has 0 atom stereocenters. The predicted octanol–water partition coefficient (Wildman–Crippen LogP) is 3.96. The molecule has 2 rings (SSSR count). The van der Waals surface area contributed by atoms with E-state index >= 15 is 0 Å². The van der Waals surface area contributed by atoms with Crippen LogP contribution in [0.15, 0.2) is 48.5 Å². The maximum absolute atomic E-state index is 8.88. The molecule has 0 saturated heterocycles. The van der Waals surface area contributed by atoms with Gasteiger partial charge in [-0.2, -0.15) is 5.26 Å². The first-order valence-corrected chi connectivity index (χ1v) is 6.77. The molecule has 0 aliphatic rings. The number of nitriles is 1. The van der Waals surface area contributed by atoms with Gasteiger partial charge in [-0.3, -0.25) is 0 Å². The summed E-state index contributed by atoms with van der Waals surface area (Å²) in [6.07, 6.45) is 0.999. The lowest BCUT2D eigenvalue weighted by Gasteiger charge is -2.09. The molecule has 0 saturated carbocycles. The monoisotopic (exact) mass is 266 g/mol. The molecule has 2 aromatic carbocycles. The Balaban J connectivity index is 1.98. The third-order valence-corrected chi connectivity index (χ3v) is 2.86. The normalized spacial score (nSPS) is 9.80. The second kappa shape index (κ2) is 7.20. The van der Waals surface area contributed by atoms with E-state index in [9.17, 15) is 0 Å². The van der Waals surface area contributed by atoms with Crippen molar-refractivity contribution in [3.8, 4) is 11.8 Å². The summed E-state index contributed by atoms with van der Waals surface area (Å²) in [6.45, 7) is 3.50. The van der Waals surface area contributed by atoms with Gasteiger partial charge in [-0.05, 0) is 36.2 Å². The second-order valence-electron chi connectivity index (χ2n) is 4.54. The third kappa shape index (κ3) is 4.03. The quantitative estimate of drug-likeness (QED) is 0.860. The average Bonchev–Trinajstić information content (AvgIpc) is 2.51. The van der Waals surface area contributed by atoms with Gasteiger partial charge < -0.3 is 10.1 Å². The highest BCUT2D eigenvalue weighted by Crippen LogP contribution is 2.18. The van der Waals surface area contributed by atoms with E-state index in [1.54, 1.807) is 0 Å². The van der Waals surface area contributed by atoms with E-state index in [4.69, 9.17) is 10.00 Å². The van der Waals surface area contributed by atoms with Crippen molar-refractivity contribution in [2.24, 2.45) is 0 Å². The van der Waals surface area contributed by atoms with Gasteiger partial charge in [-0.1, -0.05) is 25.1 Å². The van der Waals surface area contributed by atoms with Crippen LogP contribution >= 0.6 is 0 Å². The maximum Gasteiger partial charge on any atom is 0.121 e. The molecule has 3 nitrogen and oxygen atoms in total. The van der Waals surface area contributed by atoms with Gasteiger partial charge in [0.05, 0.1) is 18.2 Å². The lowest BCUT2D eigenvalue weighted by molar-refractivity contribution is 0.317. The first-order chi connectivity index (χ1) is 9.81. The van der Waals surface area contributed by atoms with E-state index in [0.717, 1.165) is 30.0 Å². The number of benzene rings is 2. The van der Waals surface area contributed by atoms with Crippen LogP contribution in [0.3, 0.4) is 0 Å². The summed E-state index contributed by atoms with van der Waals surface area (Å²) < 4.78 is 5.60. The maximum atomic E-state index is 8.88. The summed E-state index contributed by atoms with van der Waals surface area (Å²) >= 11 is 0. The summed E-state index contributed by atoms with van der Waals surface area (Å²) in [4.78, 5) is 0. The first kappa shape index (κ1) is 14.0. The SMILES string of the molecule is CCCOc1cccc(NCc2cccc(C#N)c2)c1. The Morgan fingerprint density at radius 2 is 2.00 bits per heavy atom. The van der Waals surface area contributed by atoms with E-state index in [1.807, 2.05) is 48.5 Å². The summed E-state index contributed by atoms with van der Waals surface area (Å²) in [5.41, 5.74) is 2.79. The van der Waals surface area contributed by atoms with E-state index in [2.05, 4.69) is 18.3 Å². The van der Waals surface area contributed by atoms with E-state index < -0.39 is 0 Å². The fraction of sp³-hybridized carbons (Fsp3) is 0.235. The van der Waals surface area contributed by atoms with Crippen LogP contribution < -0.4 is 10.1 Å². The smallest absolute Gasteiger partial charge is 0.121 e. The number of hydrogen-bond acceptors (Lipinski definition) is 3. The van der Waals surface area contributed by atoms with Crippen molar-refractivity contribution >= 4 is 5.69 Å². The summed E-state index contributed by atoms with van der Waals surface area (Å²) in [7, 11) is 0. The standard InChI is InChI=1S/C17H18N2O/c1-2-9-20-17-8-4-7-16(11-17)19-13-15-6-3-5-14(10-15)12-18/h3-8,10-11,19H,2,9,13H2,1H3. The van der Waals surface area contributed by atoms with Crippen molar-refractivity contribution in [2.45, 2.75) is 19.9 Å². The van der Waals surface area contributed by atoms with Gasteiger partial charge in [0.2, 0.25) is 0 Å². The van der Waals surface area contributed by atoms with Gasteiger partial charge in [0.1, 0.15) is 5.75 Å². The number of nitrogens with one attached hydrogen (secondary N) is 1. The van der Waals surface area contributed by atoms with E-state index in [0.29, 0.717) is 12.1 Å². The molecule has 1 N–H and O–H groups in total. The van der Waals surface area contributed by atoms with E-state index in [-0.39, 0.29) is 0 Å². The fourth-order valence-electron chi connectivity index (χ4n) is 1.87. The highest BCUT2D eigenvalue weighted by molar-refractivity contribution is 5.48. The van der Waals surface area contributed by atoms with Gasteiger partial charge in [0, 0.05) is 18.3 Å². The highest BCUT2D eigenvalue weighted by Gasteiger charge is 1.98. The van der Waals surface area contributed by atoms with Crippen LogP contribution in [0.4, 0.5) is 5.69 Å². The van der Waals surface area contributed by atoms with Crippen molar-refractivity contribution in [1.82, 2.24) is 0 Å². The minimum absolute atomic E-state index is 0.685. The van der Waals surface area contributed by atoms with Crippen molar-refractivity contribution in [2.75, 3.05) is 11.9 Å². The Morgan fingerprint density at radius 3 is 2.80 bits per heavy atom. The topological polar surface area (TPSA) is 45.0 Å². The van der Waals surface area contributed by atoms with Crippen LogP contribution in [0, 0.1) is 11.3 Å². The molecule has 0 amide bonds. The molecule has 20 heavy (non-hydrogen) atoms. The van der Waals surface area contributed by atoms with Crippen LogP contribution in [0.2, 0.25) is 0 Å². The van der Waals surface area contributed by atoms with Crippen molar-refractivity contribution in [3.05, 3.63) is 59.7 Å². The molecule has 0 fully saturated rings. The molecule has 0 bridgehead atoms. The molecule has 102 valence electrons. The van der Waals surface area contributed by atoms with Crippen LogP contribution in [0.1, 0.15) is 24.5 Å². The highest BCUT2D eigenvalue weighted by atomic mass is 16.5. The molecule has 0 radical (unpaired) electrons. The molecular weight excluding hydrogens is 248 g/mol. The summed E-state index contributed by atoms with van der Waals surface area (Å²) in [6, 6.07) is 17.7.